The summed E-state index contributed by atoms with van der Waals surface area (Å²) in [5.41, 5.74) is 1.01. The van der Waals surface area contributed by atoms with Crippen molar-refractivity contribution in [3.05, 3.63) is 36.3 Å². The average Bonchev–Trinajstić information content (AvgIpc) is 2.34. The first-order valence-corrected chi connectivity index (χ1v) is 5.71. The van der Waals surface area contributed by atoms with Gasteiger partial charge in [-0.15, -0.1) is 0 Å². The molecular formula is C13H16N2O. The first-order chi connectivity index (χ1) is 7.90. The number of rotatable bonds is 5. The molecule has 16 heavy (non-hydrogen) atoms. The van der Waals surface area contributed by atoms with Crippen molar-refractivity contribution in [3.63, 3.8) is 0 Å². The maximum atomic E-state index is 8.67. The molecule has 0 unspecified atom stereocenters. The van der Waals surface area contributed by atoms with E-state index in [0.29, 0.717) is 0 Å². The van der Waals surface area contributed by atoms with Gasteiger partial charge in [0.2, 0.25) is 0 Å². The predicted octanol–water partition coefficient (Wildman–Crippen LogP) is 2.33. The Morgan fingerprint density at radius 3 is 2.81 bits per heavy atom. The van der Waals surface area contributed by atoms with Crippen molar-refractivity contribution in [2.75, 3.05) is 6.61 Å². The number of hydrogen-bond acceptors (Lipinski definition) is 3. The minimum absolute atomic E-state index is 0.276. The van der Waals surface area contributed by atoms with Crippen molar-refractivity contribution in [2.45, 2.75) is 25.7 Å². The highest BCUT2D eigenvalue weighted by Gasteiger charge is 1.99. The number of aliphatic hydroxyl groups is 1. The second-order valence-corrected chi connectivity index (χ2v) is 3.88. The van der Waals surface area contributed by atoms with Gasteiger partial charge in [-0.2, -0.15) is 0 Å². The van der Waals surface area contributed by atoms with Crippen LogP contribution < -0.4 is 0 Å². The molecule has 0 radical (unpaired) electrons. The van der Waals surface area contributed by atoms with Crippen LogP contribution in [0.4, 0.5) is 0 Å². The molecule has 2 rings (SSSR count). The van der Waals surface area contributed by atoms with Gasteiger partial charge in [-0.1, -0.05) is 24.6 Å². The summed E-state index contributed by atoms with van der Waals surface area (Å²) in [7, 11) is 0. The first-order valence-electron chi connectivity index (χ1n) is 5.71. The molecule has 0 bridgehead atoms. The SMILES string of the molecule is OCCCCCc1ncc2ccccc2n1. The quantitative estimate of drug-likeness (QED) is 0.780. The number of aliphatic hydroxyl groups excluding tert-OH is 1. The number of benzene rings is 1. The zero-order valence-corrected chi connectivity index (χ0v) is 9.26. The molecular weight excluding hydrogens is 200 g/mol. The summed E-state index contributed by atoms with van der Waals surface area (Å²) in [5.74, 6) is 0.900. The lowest BCUT2D eigenvalue weighted by Gasteiger charge is -2.01. The molecule has 84 valence electrons. The van der Waals surface area contributed by atoms with Crippen molar-refractivity contribution in [3.8, 4) is 0 Å². The largest absolute Gasteiger partial charge is 0.396 e. The van der Waals surface area contributed by atoms with E-state index < -0.39 is 0 Å². The van der Waals surface area contributed by atoms with Gasteiger partial charge in [-0.3, -0.25) is 0 Å². The summed E-state index contributed by atoms with van der Waals surface area (Å²) in [6.45, 7) is 0.276. The van der Waals surface area contributed by atoms with Crippen LogP contribution >= 0.6 is 0 Å². The highest BCUT2D eigenvalue weighted by Crippen LogP contribution is 2.10. The number of unbranched alkanes of at least 4 members (excludes halogenated alkanes) is 2. The smallest absolute Gasteiger partial charge is 0.128 e. The minimum Gasteiger partial charge on any atom is -0.396 e. The van der Waals surface area contributed by atoms with Gasteiger partial charge >= 0.3 is 0 Å². The van der Waals surface area contributed by atoms with Gasteiger partial charge in [0.25, 0.3) is 0 Å². The van der Waals surface area contributed by atoms with Crippen LogP contribution in [0.25, 0.3) is 10.9 Å². The molecule has 3 nitrogen and oxygen atoms in total. The van der Waals surface area contributed by atoms with Gasteiger partial charge in [0.05, 0.1) is 5.52 Å². The van der Waals surface area contributed by atoms with Gasteiger partial charge in [-0.05, 0) is 18.9 Å². The van der Waals surface area contributed by atoms with Crippen LogP contribution in [0, 0.1) is 0 Å². The van der Waals surface area contributed by atoms with Crippen LogP contribution in [-0.4, -0.2) is 21.7 Å². The molecule has 0 saturated carbocycles. The van der Waals surface area contributed by atoms with Crippen LogP contribution in [-0.2, 0) is 6.42 Å². The summed E-state index contributed by atoms with van der Waals surface area (Å²) in [6, 6.07) is 8.01. The standard InChI is InChI=1S/C13H16N2O/c16-9-5-1-2-8-13-14-10-11-6-3-4-7-12(11)15-13/h3-4,6-7,10,16H,1-2,5,8-9H2. The molecule has 0 atom stereocenters. The summed E-state index contributed by atoms with van der Waals surface area (Å²) < 4.78 is 0. The maximum absolute atomic E-state index is 8.67. The number of fused-ring (bicyclic) bond motifs is 1. The van der Waals surface area contributed by atoms with Gasteiger partial charge in [0.15, 0.2) is 0 Å². The number of para-hydroxylation sites is 1. The van der Waals surface area contributed by atoms with Crippen molar-refractivity contribution in [1.82, 2.24) is 9.97 Å². The lowest BCUT2D eigenvalue weighted by atomic mass is 10.2. The Bertz CT molecular complexity index is 456. The summed E-state index contributed by atoms with van der Waals surface area (Å²) in [6.07, 6.45) is 5.72. The molecule has 1 aromatic heterocycles. The fourth-order valence-electron chi connectivity index (χ4n) is 1.70. The van der Waals surface area contributed by atoms with E-state index in [0.717, 1.165) is 42.4 Å². The summed E-state index contributed by atoms with van der Waals surface area (Å²) in [5, 5.41) is 9.76. The van der Waals surface area contributed by atoms with E-state index in [1.165, 1.54) is 0 Å². The Morgan fingerprint density at radius 2 is 1.94 bits per heavy atom. The molecule has 1 heterocycles. The van der Waals surface area contributed by atoms with E-state index in [4.69, 9.17) is 5.11 Å². The van der Waals surface area contributed by atoms with Crippen LogP contribution in [0.1, 0.15) is 25.1 Å². The first kappa shape index (κ1) is 11.0. The Labute approximate surface area is 95.2 Å². The van der Waals surface area contributed by atoms with E-state index in [1.54, 1.807) is 0 Å². The van der Waals surface area contributed by atoms with E-state index in [2.05, 4.69) is 9.97 Å². The third-order valence-electron chi connectivity index (χ3n) is 2.60. The van der Waals surface area contributed by atoms with E-state index in [9.17, 15) is 0 Å². The van der Waals surface area contributed by atoms with Crippen molar-refractivity contribution in [2.24, 2.45) is 0 Å². The fourth-order valence-corrected chi connectivity index (χ4v) is 1.70. The monoisotopic (exact) mass is 216 g/mol. The molecule has 2 aromatic rings. The van der Waals surface area contributed by atoms with Crippen LogP contribution in [0.3, 0.4) is 0 Å². The topological polar surface area (TPSA) is 46.0 Å². The normalized spacial score (nSPS) is 10.8. The van der Waals surface area contributed by atoms with Crippen molar-refractivity contribution in [1.29, 1.82) is 0 Å². The van der Waals surface area contributed by atoms with Gasteiger partial charge < -0.3 is 5.11 Å². The molecule has 0 aliphatic heterocycles. The number of hydrogen-bond donors (Lipinski definition) is 1. The zero-order chi connectivity index (χ0) is 11.2. The van der Waals surface area contributed by atoms with E-state index in [-0.39, 0.29) is 6.61 Å². The van der Waals surface area contributed by atoms with E-state index >= 15 is 0 Å². The van der Waals surface area contributed by atoms with Gasteiger partial charge in [0, 0.05) is 24.6 Å². The Morgan fingerprint density at radius 1 is 1.06 bits per heavy atom. The Hall–Kier alpha value is -1.48. The molecule has 0 aliphatic carbocycles. The minimum atomic E-state index is 0.276. The Balaban J connectivity index is 2.02. The van der Waals surface area contributed by atoms with Gasteiger partial charge in [-0.25, -0.2) is 9.97 Å². The highest BCUT2D eigenvalue weighted by atomic mass is 16.2. The number of aryl methyl sites for hydroxylation is 1. The molecule has 0 saturated heterocycles. The predicted molar refractivity (Wildman–Crippen MR) is 64.2 cm³/mol. The molecule has 3 heteroatoms. The molecule has 1 N–H and O–H groups in total. The highest BCUT2D eigenvalue weighted by molar-refractivity contribution is 5.77. The maximum Gasteiger partial charge on any atom is 0.128 e. The van der Waals surface area contributed by atoms with Crippen molar-refractivity contribution >= 4 is 10.9 Å². The average molecular weight is 216 g/mol. The second kappa shape index (κ2) is 5.56. The lowest BCUT2D eigenvalue weighted by molar-refractivity contribution is 0.283. The van der Waals surface area contributed by atoms with Crippen LogP contribution in [0.5, 0.6) is 0 Å². The zero-order valence-electron chi connectivity index (χ0n) is 9.26. The Kier molecular flexibility index (Phi) is 3.83. The second-order valence-electron chi connectivity index (χ2n) is 3.88. The van der Waals surface area contributed by atoms with Gasteiger partial charge in [0.1, 0.15) is 5.82 Å². The summed E-state index contributed by atoms with van der Waals surface area (Å²) >= 11 is 0. The molecule has 0 amide bonds. The lowest BCUT2D eigenvalue weighted by Crippen LogP contribution is -1.95. The van der Waals surface area contributed by atoms with Crippen molar-refractivity contribution < 1.29 is 5.11 Å². The third-order valence-corrected chi connectivity index (χ3v) is 2.60. The number of aromatic nitrogens is 2. The van der Waals surface area contributed by atoms with Crippen LogP contribution in [0.15, 0.2) is 30.5 Å². The molecule has 0 aliphatic rings. The summed E-state index contributed by atoms with van der Waals surface area (Å²) in [4.78, 5) is 8.83. The molecule has 0 spiro atoms. The fraction of sp³-hybridized carbons (Fsp3) is 0.385. The molecule has 1 aromatic carbocycles. The number of nitrogens with zero attached hydrogens (tertiary/aromatic N) is 2. The van der Waals surface area contributed by atoms with Crippen LogP contribution in [0.2, 0.25) is 0 Å². The molecule has 0 fully saturated rings. The van der Waals surface area contributed by atoms with E-state index in [1.807, 2.05) is 30.5 Å². The third kappa shape index (κ3) is 2.76.